The van der Waals surface area contributed by atoms with Gasteiger partial charge in [-0.25, -0.2) is 4.79 Å². The van der Waals surface area contributed by atoms with E-state index in [4.69, 9.17) is 5.73 Å². The van der Waals surface area contributed by atoms with Gasteiger partial charge in [-0.1, -0.05) is 24.0 Å². The summed E-state index contributed by atoms with van der Waals surface area (Å²) in [7, 11) is 1.63. The third-order valence-electron chi connectivity index (χ3n) is 5.49. The SMILES string of the molecule is Cn1c(=O)n(C2CCC(=O)NC2=O)c2cccc(C#CCCc3cccnc3C(N)=O)c21. The number of carbonyl (C=O) groups is 3. The number of hydrogen-bond acceptors (Lipinski definition) is 5. The van der Waals surface area contributed by atoms with Gasteiger partial charge in [0.1, 0.15) is 11.7 Å². The Bertz CT molecular complexity index is 1370. The fraction of sp³-hybridized carbons (Fsp3) is 0.261. The Balaban J connectivity index is 1.65. The monoisotopic (exact) mass is 431 g/mol. The van der Waals surface area contributed by atoms with Crippen LogP contribution >= 0.6 is 0 Å². The number of pyridine rings is 1. The maximum atomic E-state index is 12.9. The molecule has 1 unspecified atom stereocenters. The Labute approximate surface area is 183 Å². The summed E-state index contributed by atoms with van der Waals surface area (Å²) >= 11 is 0. The van der Waals surface area contributed by atoms with Gasteiger partial charge in [0.15, 0.2) is 0 Å². The number of aromatic nitrogens is 3. The highest BCUT2D eigenvalue weighted by molar-refractivity contribution is 6.00. The minimum atomic E-state index is -0.745. The Morgan fingerprint density at radius 1 is 1.25 bits per heavy atom. The van der Waals surface area contributed by atoms with E-state index in [1.54, 1.807) is 31.3 Å². The van der Waals surface area contributed by atoms with Gasteiger partial charge in [-0.05, 0) is 36.6 Å². The second-order valence-electron chi connectivity index (χ2n) is 7.53. The molecule has 3 heterocycles. The summed E-state index contributed by atoms with van der Waals surface area (Å²) in [5, 5.41) is 2.30. The number of primary amides is 1. The Morgan fingerprint density at radius 2 is 2.06 bits per heavy atom. The summed E-state index contributed by atoms with van der Waals surface area (Å²) in [6.07, 6.45) is 2.94. The number of nitrogens with zero attached hydrogens (tertiary/aromatic N) is 3. The standard InChI is InChI=1S/C23H21N5O4/c1-27-20-15(7-3-2-6-14-9-5-13-25-19(14)21(24)30)8-4-10-16(20)28(23(27)32)17-11-12-18(29)26-22(17)31/h4-5,8-10,13,17H,2,6,11-12H2,1H3,(H2,24,30)(H,26,29,31). The highest BCUT2D eigenvalue weighted by atomic mass is 16.2. The van der Waals surface area contributed by atoms with Crippen LogP contribution in [0.25, 0.3) is 11.0 Å². The van der Waals surface area contributed by atoms with Crippen LogP contribution in [0.5, 0.6) is 0 Å². The fourth-order valence-corrected chi connectivity index (χ4v) is 3.99. The summed E-state index contributed by atoms with van der Waals surface area (Å²) in [5.41, 5.74) is 7.84. The van der Waals surface area contributed by atoms with Crippen molar-refractivity contribution in [2.75, 3.05) is 0 Å². The largest absolute Gasteiger partial charge is 0.364 e. The first-order chi connectivity index (χ1) is 15.4. The van der Waals surface area contributed by atoms with Crippen molar-refractivity contribution in [2.45, 2.75) is 31.7 Å². The van der Waals surface area contributed by atoms with Gasteiger partial charge in [-0.15, -0.1) is 0 Å². The highest BCUT2D eigenvalue weighted by Gasteiger charge is 2.31. The second-order valence-corrected chi connectivity index (χ2v) is 7.53. The van der Waals surface area contributed by atoms with Crippen molar-refractivity contribution < 1.29 is 14.4 Å². The third kappa shape index (κ3) is 3.78. The van der Waals surface area contributed by atoms with Crippen molar-refractivity contribution in [1.82, 2.24) is 19.4 Å². The van der Waals surface area contributed by atoms with Crippen LogP contribution in [0.1, 0.15) is 46.9 Å². The second kappa shape index (κ2) is 8.51. The molecule has 0 bridgehead atoms. The molecule has 0 spiro atoms. The topological polar surface area (TPSA) is 129 Å². The first-order valence-corrected chi connectivity index (χ1v) is 10.1. The Kier molecular flexibility index (Phi) is 5.60. The lowest BCUT2D eigenvalue weighted by molar-refractivity contribution is -0.135. The van der Waals surface area contributed by atoms with Crippen molar-refractivity contribution in [3.63, 3.8) is 0 Å². The Hall–Kier alpha value is -4.19. The van der Waals surface area contributed by atoms with Gasteiger partial charge in [-0.2, -0.15) is 0 Å². The van der Waals surface area contributed by atoms with E-state index in [1.165, 1.54) is 15.3 Å². The molecule has 9 nitrogen and oxygen atoms in total. The molecule has 162 valence electrons. The van der Waals surface area contributed by atoms with Gasteiger partial charge >= 0.3 is 5.69 Å². The van der Waals surface area contributed by atoms with Crippen LogP contribution in [0.3, 0.4) is 0 Å². The number of amides is 3. The summed E-state index contributed by atoms with van der Waals surface area (Å²) in [4.78, 5) is 52.3. The predicted octanol–water partition coefficient (Wildman–Crippen LogP) is 0.796. The quantitative estimate of drug-likeness (QED) is 0.466. The minimum absolute atomic E-state index is 0.181. The number of piperidine rings is 1. The van der Waals surface area contributed by atoms with Crippen molar-refractivity contribution in [3.8, 4) is 11.8 Å². The fourth-order valence-electron chi connectivity index (χ4n) is 3.99. The van der Waals surface area contributed by atoms with E-state index < -0.39 is 17.9 Å². The lowest BCUT2D eigenvalue weighted by Crippen LogP contribution is -2.44. The van der Waals surface area contributed by atoms with Crippen molar-refractivity contribution in [2.24, 2.45) is 12.8 Å². The number of rotatable bonds is 4. The number of aryl methyl sites for hydroxylation is 2. The van der Waals surface area contributed by atoms with E-state index in [0.29, 0.717) is 29.4 Å². The molecule has 3 amide bonds. The molecule has 3 N–H and O–H groups in total. The summed E-state index contributed by atoms with van der Waals surface area (Å²) in [5.74, 6) is 4.78. The lowest BCUT2D eigenvalue weighted by atomic mass is 10.1. The highest BCUT2D eigenvalue weighted by Crippen LogP contribution is 2.24. The van der Waals surface area contributed by atoms with Crippen molar-refractivity contribution in [1.29, 1.82) is 0 Å². The summed E-state index contributed by atoms with van der Waals surface area (Å²) in [6, 6.07) is 8.14. The van der Waals surface area contributed by atoms with Gasteiger partial charge in [0.2, 0.25) is 11.8 Å². The predicted molar refractivity (Wildman–Crippen MR) is 117 cm³/mol. The van der Waals surface area contributed by atoms with E-state index >= 15 is 0 Å². The Morgan fingerprint density at radius 3 is 2.81 bits per heavy atom. The number of imide groups is 1. The maximum absolute atomic E-state index is 12.9. The summed E-state index contributed by atoms with van der Waals surface area (Å²) < 4.78 is 2.90. The number of nitrogens with one attached hydrogen (secondary N) is 1. The molecule has 1 atom stereocenters. The number of hydrogen-bond donors (Lipinski definition) is 2. The molecule has 9 heteroatoms. The molecule has 1 aliphatic rings. The number of carbonyl (C=O) groups excluding carboxylic acids is 3. The maximum Gasteiger partial charge on any atom is 0.329 e. The first kappa shape index (κ1) is 21.1. The van der Waals surface area contributed by atoms with Crippen LogP contribution in [-0.2, 0) is 23.1 Å². The van der Waals surface area contributed by atoms with Crippen molar-refractivity contribution in [3.05, 3.63) is 63.8 Å². The average molecular weight is 431 g/mol. The molecule has 0 aliphatic carbocycles. The van der Waals surface area contributed by atoms with Gasteiger partial charge in [-0.3, -0.25) is 33.8 Å². The van der Waals surface area contributed by atoms with E-state index in [2.05, 4.69) is 22.1 Å². The number of para-hydroxylation sites is 1. The number of benzene rings is 1. The molecule has 2 aromatic heterocycles. The van der Waals surface area contributed by atoms with E-state index in [9.17, 15) is 19.2 Å². The molecular formula is C23H21N5O4. The van der Waals surface area contributed by atoms with Crippen LogP contribution in [-0.4, -0.2) is 31.8 Å². The molecule has 1 fully saturated rings. The number of nitrogens with two attached hydrogens (primary N) is 1. The van der Waals surface area contributed by atoms with Gasteiger partial charge in [0.25, 0.3) is 5.91 Å². The zero-order valence-corrected chi connectivity index (χ0v) is 17.4. The van der Waals surface area contributed by atoms with Crippen LogP contribution < -0.4 is 16.7 Å². The molecule has 1 aromatic carbocycles. The van der Waals surface area contributed by atoms with Crippen LogP contribution in [0.15, 0.2) is 41.3 Å². The van der Waals surface area contributed by atoms with Gasteiger partial charge in [0.05, 0.1) is 16.6 Å². The normalized spacial score (nSPS) is 15.8. The average Bonchev–Trinajstić information content (AvgIpc) is 3.02. The molecule has 0 radical (unpaired) electrons. The van der Waals surface area contributed by atoms with Gasteiger partial charge in [0, 0.05) is 26.1 Å². The van der Waals surface area contributed by atoms with E-state index in [-0.39, 0.29) is 30.1 Å². The van der Waals surface area contributed by atoms with Crippen LogP contribution in [0, 0.1) is 11.8 Å². The van der Waals surface area contributed by atoms with Crippen molar-refractivity contribution >= 4 is 28.8 Å². The molecule has 1 saturated heterocycles. The third-order valence-corrected chi connectivity index (χ3v) is 5.49. The lowest BCUT2D eigenvalue weighted by Gasteiger charge is -2.21. The summed E-state index contributed by atoms with van der Waals surface area (Å²) in [6.45, 7) is 0. The molecule has 4 rings (SSSR count). The molecular weight excluding hydrogens is 410 g/mol. The zero-order chi connectivity index (χ0) is 22.8. The smallest absolute Gasteiger partial charge is 0.329 e. The van der Waals surface area contributed by atoms with Crippen LogP contribution in [0.4, 0.5) is 0 Å². The van der Waals surface area contributed by atoms with E-state index in [1.807, 2.05) is 6.07 Å². The molecule has 1 aliphatic heterocycles. The molecule has 3 aromatic rings. The van der Waals surface area contributed by atoms with Gasteiger partial charge < -0.3 is 5.73 Å². The number of imidazole rings is 1. The van der Waals surface area contributed by atoms with E-state index in [0.717, 1.165) is 5.56 Å². The molecule has 0 saturated carbocycles. The number of fused-ring (bicyclic) bond motifs is 1. The zero-order valence-electron chi connectivity index (χ0n) is 17.4. The molecule has 32 heavy (non-hydrogen) atoms. The van der Waals surface area contributed by atoms with Crippen LogP contribution in [0.2, 0.25) is 0 Å². The first-order valence-electron chi connectivity index (χ1n) is 10.1. The minimum Gasteiger partial charge on any atom is -0.364 e.